The van der Waals surface area contributed by atoms with Gasteiger partial charge in [-0.3, -0.25) is 9.59 Å². The summed E-state index contributed by atoms with van der Waals surface area (Å²) in [5.41, 5.74) is 5.16. The van der Waals surface area contributed by atoms with E-state index in [1.807, 2.05) is 89.8 Å². The molecule has 1 aliphatic carbocycles. The molecule has 0 N–H and O–H groups in total. The Hall–Kier alpha value is -4.33. The third kappa shape index (κ3) is 8.64. The molecule has 3 aromatic rings. The molecule has 2 aliphatic rings. The maximum Gasteiger partial charge on any atom is 0.410 e. The second-order valence-corrected chi connectivity index (χ2v) is 15.3. The number of aryl methyl sites for hydroxylation is 1. The zero-order valence-electron chi connectivity index (χ0n) is 30.4. The largest absolute Gasteiger partial charge is 0.497 e. The molecule has 2 amide bonds. The van der Waals surface area contributed by atoms with Crippen LogP contribution in [0.2, 0.25) is 0 Å². The molecule has 49 heavy (non-hydrogen) atoms. The van der Waals surface area contributed by atoms with Crippen LogP contribution in [0.5, 0.6) is 11.5 Å². The van der Waals surface area contributed by atoms with Crippen molar-refractivity contribution in [3.63, 3.8) is 0 Å². The average molecular weight is 669 g/mol. The summed E-state index contributed by atoms with van der Waals surface area (Å²) in [5, 5.41) is 0. The highest BCUT2D eigenvalue weighted by molar-refractivity contribution is 6.06. The van der Waals surface area contributed by atoms with Crippen LogP contribution in [0.25, 0.3) is 0 Å². The third-order valence-electron chi connectivity index (χ3n) is 9.53. The predicted octanol–water partition coefficient (Wildman–Crippen LogP) is 8.70. The molecule has 5 rings (SSSR count). The summed E-state index contributed by atoms with van der Waals surface area (Å²) in [5.74, 6) is 1.54. The van der Waals surface area contributed by atoms with Crippen molar-refractivity contribution in [2.75, 3.05) is 31.6 Å². The summed E-state index contributed by atoms with van der Waals surface area (Å²) >= 11 is 0. The van der Waals surface area contributed by atoms with E-state index >= 15 is 0 Å². The van der Waals surface area contributed by atoms with Crippen LogP contribution in [0.1, 0.15) is 112 Å². The maximum atomic E-state index is 14.1. The number of nitrogens with zero attached hydrogens (tertiary/aromatic N) is 2. The highest BCUT2D eigenvalue weighted by Crippen LogP contribution is 2.40. The van der Waals surface area contributed by atoms with E-state index in [1.54, 1.807) is 12.0 Å². The van der Waals surface area contributed by atoms with Gasteiger partial charge in [0.05, 0.1) is 18.2 Å². The van der Waals surface area contributed by atoms with Crippen LogP contribution in [0.15, 0.2) is 60.7 Å². The molecule has 1 fully saturated rings. The monoisotopic (exact) mass is 668 g/mol. The number of hydrogen-bond donors (Lipinski definition) is 0. The quantitative estimate of drug-likeness (QED) is 0.185. The van der Waals surface area contributed by atoms with Crippen molar-refractivity contribution in [3.8, 4) is 11.5 Å². The van der Waals surface area contributed by atoms with Crippen LogP contribution in [0.3, 0.4) is 0 Å². The van der Waals surface area contributed by atoms with Crippen molar-refractivity contribution in [1.82, 2.24) is 4.90 Å². The van der Waals surface area contributed by atoms with E-state index in [0.717, 1.165) is 43.4 Å². The molecule has 3 aromatic carbocycles. The number of anilines is 1. The fourth-order valence-corrected chi connectivity index (χ4v) is 6.75. The van der Waals surface area contributed by atoms with Crippen molar-refractivity contribution < 1.29 is 28.6 Å². The second kappa shape index (κ2) is 14.7. The minimum absolute atomic E-state index is 0.0511. The van der Waals surface area contributed by atoms with Crippen LogP contribution in [-0.4, -0.2) is 55.2 Å². The van der Waals surface area contributed by atoms with Gasteiger partial charge in [-0.1, -0.05) is 24.3 Å². The number of hydrogen-bond acceptors (Lipinski definition) is 6. The lowest BCUT2D eigenvalue weighted by Gasteiger charge is -2.33. The first-order chi connectivity index (χ1) is 23.2. The Labute approximate surface area is 291 Å². The van der Waals surface area contributed by atoms with Gasteiger partial charge in [-0.15, -0.1) is 0 Å². The maximum absolute atomic E-state index is 14.1. The van der Waals surface area contributed by atoms with Crippen molar-refractivity contribution in [1.29, 1.82) is 0 Å². The SMILES string of the molecule is CCN(C(=O)c1ccc(C2CCN(C(=O)OC(C)(C)C)CC2)cc1)c1cc(OC)ccc1[C@@H]1CCc2cc(OC(=O)C(C)(C)C)ccc2C1. The van der Waals surface area contributed by atoms with E-state index in [9.17, 15) is 14.4 Å². The van der Waals surface area contributed by atoms with E-state index < -0.39 is 11.0 Å². The Morgan fingerprint density at radius 1 is 0.816 bits per heavy atom. The molecular formula is C41H52N2O6. The molecule has 0 bridgehead atoms. The first-order valence-electron chi connectivity index (χ1n) is 17.6. The highest BCUT2D eigenvalue weighted by Gasteiger charge is 2.30. The van der Waals surface area contributed by atoms with Crippen LogP contribution in [0, 0.1) is 5.41 Å². The lowest BCUT2D eigenvalue weighted by molar-refractivity contribution is -0.143. The summed E-state index contributed by atoms with van der Waals surface area (Å²) in [4.78, 5) is 42.7. The molecule has 0 saturated carbocycles. The van der Waals surface area contributed by atoms with Gasteiger partial charge in [0, 0.05) is 31.3 Å². The molecule has 0 spiro atoms. The summed E-state index contributed by atoms with van der Waals surface area (Å²) in [6.07, 6.45) is 4.05. The number of benzene rings is 3. The van der Waals surface area contributed by atoms with Crippen LogP contribution in [-0.2, 0) is 22.4 Å². The normalized spacial score (nSPS) is 16.8. The number of ether oxygens (including phenoxy) is 3. The van der Waals surface area contributed by atoms with E-state index in [0.29, 0.717) is 42.6 Å². The Bertz CT molecular complexity index is 1660. The van der Waals surface area contributed by atoms with Crippen LogP contribution in [0.4, 0.5) is 10.5 Å². The van der Waals surface area contributed by atoms with Gasteiger partial charge < -0.3 is 24.0 Å². The Morgan fingerprint density at radius 2 is 1.49 bits per heavy atom. The molecule has 0 aromatic heterocycles. The first-order valence-corrected chi connectivity index (χ1v) is 17.6. The zero-order chi connectivity index (χ0) is 35.5. The fraction of sp³-hybridized carbons (Fsp3) is 0.488. The number of carbonyl (C=O) groups excluding carboxylic acids is 3. The van der Waals surface area contributed by atoms with Gasteiger partial charge in [0.1, 0.15) is 17.1 Å². The molecule has 8 nitrogen and oxygen atoms in total. The smallest absolute Gasteiger partial charge is 0.410 e. The minimum atomic E-state index is -0.571. The topological polar surface area (TPSA) is 85.4 Å². The number of esters is 1. The van der Waals surface area contributed by atoms with E-state index in [4.69, 9.17) is 14.2 Å². The van der Waals surface area contributed by atoms with Crippen LogP contribution < -0.4 is 14.4 Å². The lowest BCUT2D eigenvalue weighted by Crippen LogP contribution is -2.41. The molecule has 1 aliphatic heterocycles. The highest BCUT2D eigenvalue weighted by atomic mass is 16.6. The number of carbonyl (C=O) groups is 3. The third-order valence-corrected chi connectivity index (χ3v) is 9.53. The number of amides is 2. The van der Waals surface area contributed by atoms with Gasteiger partial charge in [0.15, 0.2) is 0 Å². The molecule has 262 valence electrons. The van der Waals surface area contributed by atoms with E-state index in [2.05, 4.69) is 24.3 Å². The molecule has 0 unspecified atom stereocenters. The van der Waals surface area contributed by atoms with Crippen molar-refractivity contribution in [2.24, 2.45) is 5.41 Å². The molecule has 0 radical (unpaired) electrons. The van der Waals surface area contributed by atoms with Gasteiger partial charge in [0.25, 0.3) is 5.91 Å². The molecule has 1 atom stereocenters. The summed E-state index contributed by atoms with van der Waals surface area (Å²) in [7, 11) is 1.65. The fourth-order valence-electron chi connectivity index (χ4n) is 6.75. The standard InChI is InChI=1S/C41H52N2O6/c1-9-43(37(44)29-12-10-27(11-13-29)28-20-22-42(23-21-28)39(46)49-41(5,6)7)36-26-33(47-8)18-19-35(36)32-15-14-31-25-34(17-16-30(31)24-32)48-38(45)40(2,3)4/h10-13,16-19,25-26,28,32H,9,14-15,20-24H2,1-8H3/t32-/m1/s1. The summed E-state index contributed by atoms with van der Waals surface area (Å²) < 4.78 is 16.8. The van der Waals surface area contributed by atoms with Crippen molar-refractivity contribution >= 4 is 23.7 Å². The van der Waals surface area contributed by atoms with Crippen LogP contribution >= 0.6 is 0 Å². The van der Waals surface area contributed by atoms with E-state index in [-0.39, 0.29) is 23.9 Å². The molecular weight excluding hydrogens is 616 g/mol. The van der Waals surface area contributed by atoms with Gasteiger partial charge >= 0.3 is 12.1 Å². The predicted molar refractivity (Wildman–Crippen MR) is 193 cm³/mol. The average Bonchev–Trinajstić information content (AvgIpc) is 3.07. The molecule has 1 heterocycles. The zero-order valence-corrected chi connectivity index (χ0v) is 30.4. The lowest BCUT2D eigenvalue weighted by atomic mass is 9.79. The minimum Gasteiger partial charge on any atom is -0.497 e. The summed E-state index contributed by atoms with van der Waals surface area (Å²) in [6.45, 7) is 15.0. The molecule has 8 heteroatoms. The van der Waals surface area contributed by atoms with Gasteiger partial charge in [-0.25, -0.2) is 4.79 Å². The molecule has 1 saturated heterocycles. The Kier molecular flexibility index (Phi) is 10.8. The number of fused-ring (bicyclic) bond motifs is 1. The van der Waals surface area contributed by atoms with Gasteiger partial charge in [-0.05, 0) is 145 Å². The number of methoxy groups -OCH3 is 1. The Balaban J connectivity index is 1.30. The first kappa shape index (κ1) is 36.0. The second-order valence-electron chi connectivity index (χ2n) is 15.3. The van der Waals surface area contributed by atoms with Crippen molar-refractivity contribution in [2.45, 2.75) is 98.0 Å². The Morgan fingerprint density at radius 3 is 2.10 bits per heavy atom. The summed E-state index contributed by atoms with van der Waals surface area (Å²) in [6, 6.07) is 20.0. The van der Waals surface area contributed by atoms with Gasteiger partial charge in [0.2, 0.25) is 0 Å². The number of rotatable bonds is 7. The van der Waals surface area contributed by atoms with Gasteiger partial charge in [-0.2, -0.15) is 0 Å². The number of piperidine rings is 1. The van der Waals surface area contributed by atoms with E-state index in [1.165, 1.54) is 16.7 Å². The number of likely N-dealkylation sites (tertiary alicyclic amines) is 1. The van der Waals surface area contributed by atoms with Crippen molar-refractivity contribution in [3.05, 3.63) is 88.5 Å².